The summed E-state index contributed by atoms with van der Waals surface area (Å²) in [5, 5.41) is 5.67. The molecule has 4 rings (SSSR count). The fourth-order valence-electron chi connectivity index (χ4n) is 3.46. The number of halogens is 1. The molecule has 0 heterocycles. The van der Waals surface area contributed by atoms with E-state index in [0.29, 0.717) is 35.0 Å². The van der Waals surface area contributed by atoms with Crippen molar-refractivity contribution in [3.63, 3.8) is 0 Å². The molecule has 182 valence electrons. The van der Waals surface area contributed by atoms with E-state index in [4.69, 9.17) is 9.47 Å². The van der Waals surface area contributed by atoms with Crippen LogP contribution in [0, 0.1) is 0 Å². The summed E-state index contributed by atoms with van der Waals surface area (Å²) in [5.74, 6) is 0.490. The molecule has 0 aliphatic rings. The normalized spacial score (nSPS) is 10.4. The summed E-state index contributed by atoms with van der Waals surface area (Å²) in [6, 6.07) is 31.4. The Hall–Kier alpha value is -4.10. The molecule has 36 heavy (non-hydrogen) atoms. The summed E-state index contributed by atoms with van der Waals surface area (Å²) in [4.78, 5) is 25.4. The maximum atomic E-state index is 13.1. The van der Waals surface area contributed by atoms with Gasteiger partial charge in [-0.05, 0) is 54.1 Å². The molecule has 0 saturated heterocycles. The zero-order chi connectivity index (χ0) is 25.2. The van der Waals surface area contributed by atoms with Crippen LogP contribution in [0.5, 0.6) is 11.5 Å². The predicted molar refractivity (Wildman–Crippen MR) is 145 cm³/mol. The SMILES string of the molecule is O=C(COc1ccccc1)Nc1cccc(NC(=O)c2cc(Br)ccc2OCCc2ccccc2)c1. The van der Waals surface area contributed by atoms with Crippen LogP contribution < -0.4 is 20.1 Å². The molecule has 0 aliphatic heterocycles. The van der Waals surface area contributed by atoms with E-state index in [-0.39, 0.29) is 18.4 Å². The third-order valence-corrected chi connectivity index (χ3v) is 5.69. The molecule has 4 aromatic rings. The molecule has 0 aromatic heterocycles. The topological polar surface area (TPSA) is 76.7 Å². The molecule has 0 aliphatic carbocycles. The van der Waals surface area contributed by atoms with Crippen LogP contribution in [0.1, 0.15) is 15.9 Å². The van der Waals surface area contributed by atoms with E-state index in [1.807, 2.05) is 54.6 Å². The van der Waals surface area contributed by atoms with Gasteiger partial charge < -0.3 is 20.1 Å². The number of nitrogens with one attached hydrogen (secondary N) is 2. The van der Waals surface area contributed by atoms with Gasteiger partial charge >= 0.3 is 0 Å². The van der Waals surface area contributed by atoms with Crippen molar-refractivity contribution >= 4 is 39.1 Å². The maximum absolute atomic E-state index is 13.1. The van der Waals surface area contributed by atoms with Gasteiger partial charge in [0.2, 0.25) is 0 Å². The van der Waals surface area contributed by atoms with Crippen molar-refractivity contribution in [2.24, 2.45) is 0 Å². The molecule has 0 unspecified atom stereocenters. The number of carbonyl (C=O) groups excluding carboxylic acids is 2. The first-order valence-electron chi connectivity index (χ1n) is 11.4. The summed E-state index contributed by atoms with van der Waals surface area (Å²) in [5.41, 5.74) is 2.65. The van der Waals surface area contributed by atoms with E-state index in [2.05, 4.69) is 26.6 Å². The standard InChI is InChI=1S/C29H25BrN2O4/c30-22-14-15-27(35-17-16-21-8-3-1-4-9-21)26(18-22)29(34)32-24-11-7-10-23(19-24)31-28(33)20-36-25-12-5-2-6-13-25/h1-15,18-19H,16-17,20H2,(H,31,33)(H,32,34). The smallest absolute Gasteiger partial charge is 0.262 e. The van der Waals surface area contributed by atoms with Crippen molar-refractivity contribution in [3.05, 3.63) is 119 Å². The monoisotopic (exact) mass is 544 g/mol. The lowest BCUT2D eigenvalue weighted by Gasteiger charge is -2.13. The molecule has 7 heteroatoms. The van der Waals surface area contributed by atoms with Crippen LogP contribution in [-0.2, 0) is 11.2 Å². The number of hydrogen-bond donors (Lipinski definition) is 2. The van der Waals surface area contributed by atoms with E-state index in [1.165, 1.54) is 0 Å². The average Bonchev–Trinajstić information content (AvgIpc) is 2.90. The summed E-state index contributed by atoms with van der Waals surface area (Å²) >= 11 is 3.43. The molecule has 0 atom stereocenters. The fourth-order valence-corrected chi connectivity index (χ4v) is 3.83. The van der Waals surface area contributed by atoms with Crippen molar-refractivity contribution in [3.8, 4) is 11.5 Å². The Morgan fingerprint density at radius 1 is 0.722 bits per heavy atom. The Kier molecular flexibility index (Phi) is 8.72. The summed E-state index contributed by atoms with van der Waals surface area (Å²) in [6.45, 7) is 0.320. The zero-order valence-corrected chi connectivity index (χ0v) is 21.0. The summed E-state index contributed by atoms with van der Waals surface area (Å²) in [6.07, 6.45) is 0.730. The first-order valence-corrected chi connectivity index (χ1v) is 12.2. The quantitative estimate of drug-likeness (QED) is 0.244. The highest BCUT2D eigenvalue weighted by Gasteiger charge is 2.14. The molecule has 0 saturated carbocycles. The van der Waals surface area contributed by atoms with Crippen LogP contribution in [-0.4, -0.2) is 25.0 Å². The lowest BCUT2D eigenvalue weighted by molar-refractivity contribution is -0.118. The fraction of sp³-hybridized carbons (Fsp3) is 0.103. The van der Waals surface area contributed by atoms with E-state index in [9.17, 15) is 9.59 Å². The van der Waals surface area contributed by atoms with Crippen molar-refractivity contribution in [2.45, 2.75) is 6.42 Å². The molecule has 2 amide bonds. The van der Waals surface area contributed by atoms with Crippen LogP contribution >= 0.6 is 15.9 Å². The first-order chi connectivity index (χ1) is 17.6. The second kappa shape index (κ2) is 12.6. The Balaban J connectivity index is 1.36. The average molecular weight is 545 g/mol. The first kappa shape index (κ1) is 25.0. The largest absolute Gasteiger partial charge is 0.492 e. The van der Waals surface area contributed by atoms with Crippen molar-refractivity contribution in [1.82, 2.24) is 0 Å². The maximum Gasteiger partial charge on any atom is 0.262 e. The lowest BCUT2D eigenvalue weighted by atomic mass is 10.1. The van der Waals surface area contributed by atoms with Gasteiger partial charge in [0.15, 0.2) is 6.61 Å². The van der Waals surface area contributed by atoms with E-state index in [0.717, 1.165) is 16.5 Å². The zero-order valence-electron chi connectivity index (χ0n) is 19.4. The lowest BCUT2D eigenvalue weighted by Crippen LogP contribution is -2.20. The molecule has 4 aromatic carbocycles. The Morgan fingerprint density at radius 2 is 1.42 bits per heavy atom. The number of carbonyl (C=O) groups is 2. The van der Waals surface area contributed by atoms with Crippen molar-refractivity contribution in [2.75, 3.05) is 23.8 Å². The van der Waals surface area contributed by atoms with Gasteiger partial charge in [-0.2, -0.15) is 0 Å². The van der Waals surface area contributed by atoms with Crippen LogP contribution in [0.3, 0.4) is 0 Å². The molecule has 0 spiro atoms. The number of para-hydroxylation sites is 1. The minimum atomic E-state index is -0.318. The third kappa shape index (κ3) is 7.45. The molecule has 0 bridgehead atoms. The van der Waals surface area contributed by atoms with Gasteiger partial charge in [0.05, 0.1) is 12.2 Å². The molecule has 0 fully saturated rings. The highest BCUT2D eigenvalue weighted by atomic mass is 79.9. The van der Waals surface area contributed by atoms with Crippen molar-refractivity contribution < 1.29 is 19.1 Å². The molecule has 2 N–H and O–H groups in total. The van der Waals surface area contributed by atoms with Crippen molar-refractivity contribution in [1.29, 1.82) is 0 Å². The Labute approximate surface area is 218 Å². The summed E-state index contributed by atoms with van der Waals surface area (Å²) in [7, 11) is 0. The van der Waals surface area contributed by atoms with E-state index < -0.39 is 0 Å². The Bertz CT molecular complexity index is 1310. The van der Waals surface area contributed by atoms with Gasteiger partial charge in [-0.25, -0.2) is 0 Å². The predicted octanol–water partition coefficient (Wildman–Crippen LogP) is 6.34. The van der Waals surface area contributed by atoms with Gasteiger partial charge in [0.25, 0.3) is 11.8 Å². The van der Waals surface area contributed by atoms with Gasteiger partial charge in [-0.3, -0.25) is 9.59 Å². The van der Waals surface area contributed by atoms with Gasteiger partial charge in [0.1, 0.15) is 11.5 Å². The number of anilines is 2. The van der Waals surface area contributed by atoms with E-state index >= 15 is 0 Å². The number of benzene rings is 4. The highest BCUT2D eigenvalue weighted by molar-refractivity contribution is 9.10. The molecular weight excluding hydrogens is 520 g/mol. The number of rotatable bonds is 10. The van der Waals surface area contributed by atoms with Gasteiger partial charge in [0, 0.05) is 22.3 Å². The number of hydrogen-bond acceptors (Lipinski definition) is 4. The molecule has 0 radical (unpaired) electrons. The minimum absolute atomic E-state index is 0.123. The molecular formula is C29H25BrN2O4. The Morgan fingerprint density at radius 3 is 2.17 bits per heavy atom. The second-order valence-corrected chi connectivity index (χ2v) is 8.83. The molecule has 6 nitrogen and oxygen atoms in total. The van der Waals surface area contributed by atoms with Crippen LogP contribution in [0.25, 0.3) is 0 Å². The van der Waals surface area contributed by atoms with Crippen LogP contribution in [0.15, 0.2) is 108 Å². The van der Waals surface area contributed by atoms with Gasteiger partial charge in [-0.1, -0.05) is 70.5 Å². The van der Waals surface area contributed by atoms with Crippen LogP contribution in [0.2, 0.25) is 0 Å². The van der Waals surface area contributed by atoms with Gasteiger partial charge in [-0.15, -0.1) is 0 Å². The second-order valence-electron chi connectivity index (χ2n) is 7.91. The third-order valence-electron chi connectivity index (χ3n) is 5.19. The number of amides is 2. The minimum Gasteiger partial charge on any atom is -0.492 e. The number of ether oxygens (including phenoxy) is 2. The summed E-state index contributed by atoms with van der Waals surface area (Å²) < 4.78 is 12.2. The highest BCUT2D eigenvalue weighted by Crippen LogP contribution is 2.25. The van der Waals surface area contributed by atoms with E-state index in [1.54, 1.807) is 48.5 Å². The van der Waals surface area contributed by atoms with Crippen LogP contribution in [0.4, 0.5) is 11.4 Å².